The Morgan fingerprint density at radius 3 is 2.42 bits per heavy atom. The molecule has 0 saturated carbocycles. The number of hydrogen-bond donors (Lipinski definition) is 0. The van der Waals surface area contributed by atoms with Crippen LogP contribution in [0.3, 0.4) is 0 Å². The van der Waals surface area contributed by atoms with Crippen LogP contribution in [0.2, 0.25) is 0 Å². The first-order valence-electron chi connectivity index (χ1n) is 11.9. The van der Waals surface area contributed by atoms with Gasteiger partial charge in [0.15, 0.2) is 5.37 Å². The van der Waals surface area contributed by atoms with Crippen molar-refractivity contribution in [3.8, 4) is 28.3 Å². The zero-order chi connectivity index (χ0) is 24.9. The third kappa shape index (κ3) is 5.48. The number of oxazole rings is 1. The number of benzene rings is 3. The van der Waals surface area contributed by atoms with Crippen LogP contribution in [-0.2, 0) is 22.7 Å². The SMILES string of the molecule is COC(=O)C1SCCN1Cc1ccc(OCc2nc(-c3ccc(-c4ccccc4)cc3)oc2C)cc1. The van der Waals surface area contributed by atoms with E-state index in [0.29, 0.717) is 19.0 Å². The number of carbonyl (C=O) groups excluding carboxylic acids is 1. The standard InChI is InChI=1S/C29H28N2O4S/c1-20-26(30-27(35-20)24-12-10-23(11-13-24)22-6-4-3-5-7-22)19-34-25-14-8-21(9-15-25)18-31-16-17-36-28(31)29(32)33-2/h3-15,28H,16-19H2,1-2H3. The van der Waals surface area contributed by atoms with Crippen molar-refractivity contribution in [2.24, 2.45) is 0 Å². The molecular weight excluding hydrogens is 472 g/mol. The number of rotatable bonds is 8. The van der Waals surface area contributed by atoms with Crippen LogP contribution in [-0.4, -0.2) is 40.6 Å². The first-order chi connectivity index (χ1) is 17.6. The average Bonchev–Trinajstić information content (AvgIpc) is 3.54. The molecule has 1 aliphatic heterocycles. The van der Waals surface area contributed by atoms with E-state index >= 15 is 0 Å². The molecule has 1 saturated heterocycles. The minimum absolute atomic E-state index is 0.188. The highest BCUT2D eigenvalue weighted by molar-refractivity contribution is 8.00. The van der Waals surface area contributed by atoms with E-state index in [-0.39, 0.29) is 11.3 Å². The molecule has 1 fully saturated rings. The number of methoxy groups -OCH3 is 1. The maximum Gasteiger partial charge on any atom is 0.333 e. The van der Waals surface area contributed by atoms with Gasteiger partial charge in [0.2, 0.25) is 5.89 Å². The lowest BCUT2D eigenvalue weighted by molar-refractivity contribution is -0.143. The fraction of sp³-hybridized carbons (Fsp3) is 0.241. The van der Waals surface area contributed by atoms with Gasteiger partial charge in [0.25, 0.3) is 0 Å². The number of esters is 1. The van der Waals surface area contributed by atoms with Crippen LogP contribution in [0.25, 0.3) is 22.6 Å². The summed E-state index contributed by atoms with van der Waals surface area (Å²) in [4.78, 5) is 18.8. The lowest BCUT2D eigenvalue weighted by Crippen LogP contribution is -2.34. The van der Waals surface area contributed by atoms with Gasteiger partial charge in [-0.2, -0.15) is 0 Å². The lowest BCUT2D eigenvalue weighted by Gasteiger charge is -2.21. The first kappa shape index (κ1) is 24.2. The minimum Gasteiger partial charge on any atom is -0.487 e. The number of hydrogen-bond acceptors (Lipinski definition) is 7. The van der Waals surface area contributed by atoms with E-state index in [0.717, 1.165) is 46.2 Å². The Labute approximate surface area is 215 Å². The Morgan fingerprint density at radius 1 is 1.00 bits per heavy atom. The summed E-state index contributed by atoms with van der Waals surface area (Å²) >= 11 is 1.62. The Hall–Kier alpha value is -3.55. The Morgan fingerprint density at radius 2 is 1.69 bits per heavy atom. The molecule has 0 bridgehead atoms. The van der Waals surface area contributed by atoms with Crippen molar-refractivity contribution in [3.63, 3.8) is 0 Å². The topological polar surface area (TPSA) is 64.8 Å². The normalized spacial score (nSPS) is 15.7. The molecule has 1 atom stereocenters. The molecule has 5 rings (SSSR count). The van der Waals surface area contributed by atoms with Gasteiger partial charge in [0, 0.05) is 24.4 Å². The Balaban J connectivity index is 1.19. The largest absolute Gasteiger partial charge is 0.487 e. The second-order valence-electron chi connectivity index (χ2n) is 8.61. The van der Waals surface area contributed by atoms with Gasteiger partial charge in [-0.15, -0.1) is 11.8 Å². The molecule has 1 aromatic heterocycles. The first-order valence-corrected chi connectivity index (χ1v) is 12.9. The molecule has 36 heavy (non-hydrogen) atoms. The van der Waals surface area contributed by atoms with Gasteiger partial charge in [-0.25, -0.2) is 9.78 Å². The maximum absolute atomic E-state index is 12.0. The van der Waals surface area contributed by atoms with Crippen molar-refractivity contribution in [1.82, 2.24) is 9.88 Å². The molecule has 0 radical (unpaired) electrons. The number of carbonyl (C=O) groups is 1. The van der Waals surface area contributed by atoms with Gasteiger partial charge in [0.05, 0.1) is 7.11 Å². The van der Waals surface area contributed by atoms with Gasteiger partial charge < -0.3 is 13.9 Å². The van der Waals surface area contributed by atoms with Crippen LogP contribution in [0.4, 0.5) is 0 Å². The predicted molar refractivity (Wildman–Crippen MR) is 142 cm³/mol. The van der Waals surface area contributed by atoms with Gasteiger partial charge in [-0.3, -0.25) is 4.90 Å². The highest BCUT2D eigenvalue weighted by atomic mass is 32.2. The molecule has 184 valence electrons. The molecule has 4 aromatic rings. The molecule has 0 spiro atoms. The highest BCUT2D eigenvalue weighted by Gasteiger charge is 2.32. The van der Waals surface area contributed by atoms with E-state index in [4.69, 9.17) is 13.9 Å². The van der Waals surface area contributed by atoms with Crippen molar-refractivity contribution < 1.29 is 18.7 Å². The maximum atomic E-state index is 12.0. The molecule has 6 nitrogen and oxygen atoms in total. The summed E-state index contributed by atoms with van der Waals surface area (Å²) in [6.07, 6.45) is 0. The van der Waals surface area contributed by atoms with E-state index in [1.54, 1.807) is 11.8 Å². The molecule has 0 amide bonds. The summed E-state index contributed by atoms with van der Waals surface area (Å²) in [7, 11) is 1.44. The van der Waals surface area contributed by atoms with Crippen LogP contribution in [0.1, 0.15) is 17.0 Å². The van der Waals surface area contributed by atoms with Crippen molar-refractivity contribution >= 4 is 17.7 Å². The van der Waals surface area contributed by atoms with E-state index in [9.17, 15) is 4.79 Å². The molecular formula is C29H28N2O4S. The zero-order valence-corrected chi connectivity index (χ0v) is 21.2. The second kappa shape index (κ2) is 11.0. The Kier molecular flexibility index (Phi) is 7.39. The van der Waals surface area contributed by atoms with E-state index in [2.05, 4.69) is 34.1 Å². The van der Waals surface area contributed by atoms with Crippen LogP contribution in [0.5, 0.6) is 5.75 Å². The lowest BCUT2D eigenvalue weighted by atomic mass is 10.0. The van der Waals surface area contributed by atoms with Crippen molar-refractivity contribution in [1.29, 1.82) is 0 Å². The Bertz CT molecular complexity index is 1300. The van der Waals surface area contributed by atoms with Crippen LogP contribution in [0, 0.1) is 6.92 Å². The molecule has 3 aromatic carbocycles. The van der Waals surface area contributed by atoms with Crippen molar-refractivity contribution in [3.05, 3.63) is 95.9 Å². The molecule has 0 N–H and O–H groups in total. The third-order valence-electron chi connectivity index (χ3n) is 6.20. The zero-order valence-electron chi connectivity index (χ0n) is 20.3. The molecule has 2 heterocycles. The molecule has 1 unspecified atom stereocenters. The second-order valence-corrected chi connectivity index (χ2v) is 9.80. The molecule has 7 heteroatoms. The van der Waals surface area contributed by atoms with Crippen molar-refractivity contribution in [2.75, 3.05) is 19.4 Å². The van der Waals surface area contributed by atoms with Crippen LogP contribution in [0.15, 0.2) is 83.3 Å². The summed E-state index contributed by atoms with van der Waals surface area (Å²) in [6.45, 7) is 3.79. The highest BCUT2D eigenvalue weighted by Crippen LogP contribution is 2.28. The quantitative estimate of drug-likeness (QED) is 0.277. The van der Waals surface area contributed by atoms with Crippen molar-refractivity contribution in [2.45, 2.75) is 25.4 Å². The summed E-state index contributed by atoms with van der Waals surface area (Å²) < 4.78 is 16.8. The number of aryl methyl sites for hydroxylation is 1. The summed E-state index contributed by atoms with van der Waals surface area (Å²) in [5.41, 5.74) is 5.15. The average molecular weight is 501 g/mol. The summed E-state index contributed by atoms with van der Waals surface area (Å²) in [5, 5.41) is -0.232. The van der Waals surface area contributed by atoms with Gasteiger partial charge in [0.1, 0.15) is 23.8 Å². The van der Waals surface area contributed by atoms with E-state index < -0.39 is 0 Å². The number of ether oxygens (including phenoxy) is 2. The van der Waals surface area contributed by atoms with Crippen LogP contribution >= 0.6 is 11.8 Å². The fourth-order valence-corrected chi connectivity index (χ4v) is 5.37. The van der Waals surface area contributed by atoms with E-state index in [1.165, 1.54) is 12.7 Å². The monoisotopic (exact) mass is 500 g/mol. The number of aromatic nitrogens is 1. The fourth-order valence-electron chi connectivity index (χ4n) is 4.18. The van der Waals surface area contributed by atoms with Gasteiger partial charge >= 0.3 is 5.97 Å². The summed E-state index contributed by atoms with van der Waals surface area (Å²) in [6, 6.07) is 26.4. The van der Waals surface area contributed by atoms with Gasteiger partial charge in [-0.05, 0) is 47.9 Å². The molecule has 1 aliphatic rings. The van der Waals surface area contributed by atoms with Crippen LogP contribution < -0.4 is 4.74 Å². The molecule has 0 aliphatic carbocycles. The van der Waals surface area contributed by atoms with Gasteiger partial charge in [-0.1, -0.05) is 54.6 Å². The van der Waals surface area contributed by atoms with E-state index in [1.807, 2.05) is 61.5 Å². The number of thioether (sulfide) groups is 1. The number of nitrogens with zero attached hydrogens (tertiary/aromatic N) is 2. The summed E-state index contributed by atoms with van der Waals surface area (Å²) in [5.74, 6) is 2.83. The smallest absolute Gasteiger partial charge is 0.333 e. The third-order valence-corrected chi connectivity index (χ3v) is 7.43. The predicted octanol–water partition coefficient (Wildman–Crippen LogP) is 5.94. The minimum atomic E-state index is -0.232.